The van der Waals surface area contributed by atoms with Crippen molar-refractivity contribution in [1.82, 2.24) is 4.90 Å². The first kappa shape index (κ1) is 12.2. The molecule has 0 N–H and O–H groups in total. The van der Waals surface area contributed by atoms with E-state index in [0.29, 0.717) is 5.92 Å². The second-order valence-electron chi connectivity index (χ2n) is 6.48. The molecule has 0 amide bonds. The molecule has 4 heteroatoms. The van der Waals surface area contributed by atoms with E-state index in [9.17, 15) is 0 Å². The van der Waals surface area contributed by atoms with E-state index in [1.54, 1.807) is 11.3 Å². The molecule has 0 radical (unpaired) electrons. The van der Waals surface area contributed by atoms with E-state index in [0.717, 1.165) is 19.0 Å². The Hall–Kier alpha value is -1.39. The summed E-state index contributed by atoms with van der Waals surface area (Å²) in [4.78, 5) is 7.34. The van der Waals surface area contributed by atoms with Crippen molar-refractivity contribution in [1.29, 1.82) is 0 Å². The summed E-state index contributed by atoms with van der Waals surface area (Å²) in [7, 11) is 0. The van der Waals surface area contributed by atoms with Crippen molar-refractivity contribution in [3.8, 4) is 0 Å². The molecule has 1 unspecified atom stereocenters. The van der Waals surface area contributed by atoms with E-state index >= 15 is 0 Å². The fourth-order valence-electron chi connectivity index (χ4n) is 4.17. The molecule has 3 nitrogen and oxygen atoms in total. The SMILES string of the molecule is c1ccc2c(C3=NCC4(CN5CCC4CC5)O3)csc2c1. The number of fused-ring (bicyclic) bond motifs is 3. The smallest absolute Gasteiger partial charge is 0.218 e. The maximum Gasteiger partial charge on any atom is 0.218 e. The number of rotatable bonds is 1. The van der Waals surface area contributed by atoms with E-state index < -0.39 is 0 Å². The van der Waals surface area contributed by atoms with E-state index in [1.807, 2.05) is 0 Å². The molecule has 4 aliphatic rings. The third kappa shape index (κ3) is 1.72. The van der Waals surface area contributed by atoms with E-state index in [2.05, 4.69) is 34.5 Å². The van der Waals surface area contributed by atoms with Gasteiger partial charge in [-0.25, -0.2) is 4.99 Å². The van der Waals surface area contributed by atoms with Gasteiger partial charge < -0.3 is 4.74 Å². The van der Waals surface area contributed by atoms with Gasteiger partial charge in [-0.1, -0.05) is 18.2 Å². The third-order valence-corrected chi connectivity index (χ3v) is 6.29. The number of aliphatic imine (C=N–C) groups is 1. The van der Waals surface area contributed by atoms with Crippen molar-refractivity contribution in [2.75, 3.05) is 26.2 Å². The number of nitrogens with zero attached hydrogens (tertiary/aromatic N) is 2. The van der Waals surface area contributed by atoms with Crippen LogP contribution in [-0.4, -0.2) is 42.6 Å². The molecule has 3 saturated heterocycles. The van der Waals surface area contributed by atoms with Gasteiger partial charge in [0.05, 0.1) is 12.1 Å². The first-order valence-corrected chi connectivity index (χ1v) is 8.64. The average Bonchev–Trinajstić information content (AvgIpc) is 3.13. The lowest BCUT2D eigenvalue weighted by Crippen LogP contribution is -2.60. The molecule has 1 aromatic heterocycles. The summed E-state index contributed by atoms with van der Waals surface area (Å²) in [6.07, 6.45) is 2.54. The Balaban J connectivity index is 1.50. The van der Waals surface area contributed by atoms with Crippen molar-refractivity contribution in [3.05, 3.63) is 35.2 Å². The predicted molar refractivity (Wildman–Crippen MR) is 86.2 cm³/mol. The largest absolute Gasteiger partial charge is 0.467 e. The van der Waals surface area contributed by atoms with Crippen LogP contribution in [0, 0.1) is 5.92 Å². The maximum absolute atomic E-state index is 6.49. The van der Waals surface area contributed by atoms with Crippen molar-refractivity contribution in [2.24, 2.45) is 10.9 Å². The highest BCUT2D eigenvalue weighted by Crippen LogP contribution is 2.42. The second kappa shape index (κ2) is 4.31. The van der Waals surface area contributed by atoms with Crippen LogP contribution >= 0.6 is 11.3 Å². The van der Waals surface area contributed by atoms with Crippen LogP contribution in [-0.2, 0) is 4.74 Å². The number of hydrogen-bond donors (Lipinski definition) is 0. The summed E-state index contributed by atoms with van der Waals surface area (Å²) in [5.74, 6) is 1.56. The fraction of sp³-hybridized carbons (Fsp3) is 0.471. The zero-order chi connectivity index (χ0) is 13.9. The lowest BCUT2D eigenvalue weighted by atomic mass is 9.75. The minimum absolute atomic E-state index is 0.0329. The summed E-state index contributed by atoms with van der Waals surface area (Å²) < 4.78 is 7.80. The van der Waals surface area contributed by atoms with Crippen LogP contribution in [0.2, 0.25) is 0 Å². The van der Waals surface area contributed by atoms with E-state index in [-0.39, 0.29) is 5.60 Å². The van der Waals surface area contributed by atoms with Gasteiger partial charge in [0.25, 0.3) is 0 Å². The molecule has 4 aliphatic heterocycles. The molecule has 21 heavy (non-hydrogen) atoms. The third-order valence-electron chi connectivity index (χ3n) is 5.32. The Labute approximate surface area is 128 Å². The monoisotopic (exact) mass is 298 g/mol. The lowest BCUT2D eigenvalue weighted by molar-refractivity contribution is -0.0825. The summed E-state index contributed by atoms with van der Waals surface area (Å²) in [6.45, 7) is 4.39. The van der Waals surface area contributed by atoms with Gasteiger partial charge in [0.1, 0.15) is 5.60 Å². The Morgan fingerprint density at radius 2 is 2.10 bits per heavy atom. The molecule has 2 aromatic rings. The Morgan fingerprint density at radius 3 is 2.90 bits per heavy atom. The molecule has 0 saturated carbocycles. The molecule has 108 valence electrons. The first-order chi connectivity index (χ1) is 10.3. The van der Waals surface area contributed by atoms with Crippen LogP contribution in [0.5, 0.6) is 0 Å². The fourth-order valence-corrected chi connectivity index (χ4v) is 5.10. The highest BCUT2D eigenvalue weighted by Gasteiger charge is 2.51. The number of thiophene rings is 1. The van der Waals surface area contributed by atoms with Crippen molar-refractivity contribution in [2.45, 2.75) is 18.4 Å². The first-order valence-electron chi connectivity index (χ1n) is 7.76. The Bertz CT molecular complexity index is 729. The molecular weight excluding hydrogens is 280 g/mol. The Morgan fingerprint density at radius 1 is 1.24 bits per heavy atom. The van der Waals surface area contributed by atoms with E-state index in [1.165, 1.54) is 41.6 Å². The van der Waals surface area contributed by atoms with Gasteiger partial charge in [0, 0.05) is 27.9 Å². The molecule has 1 aromatic carbocycles. The topological polar surface area (TPSA) is 24.8 Å². The highest BCUT2D eigenvalue weighted by atomic mass is 32.1. The van der Waals surface area contributed by atoms with Gasteiger partial charge in [-0.2, -0.15) is 0 Å². The molecule has 3 fully saturated rings. The molecule has 1 spiro atoms. The molecular formula is C17H18N2OS. The molecule has 1 atom stereocenters. The van der Waals surface area contributed by atoms with Crippen LogP contribution in [0.1, 0.15) is 18.4 Å². The predicted octanol–water partition coefficient (Wildman–Crippen LogP) is 3.14. The standard InChI is InChI=1S/C17H18N2OS/c1-2-4-15-13(3-1)14(9-21-15)16-18-10-17(20-16)11-19-7-5-12(17)6-8-19/h1-4,9,12H,5-8,10-11H2. The Kier molecular flexibility index (Phi) is 2.50. The van der Waals surface area contributed by atoms with Gasteiger partial charge in [0.2, 0.25) is 5.90 Å². The van der Waals surface area contributed by atoms with Gasteiger partial charge in [-0.15, -0.1) is 11.3 Å². The minimum Gasteiger partial charge on any atom is -0.467 e. The van der Waals surface area contributed by atoms with Gasteiger partial charge in [-0.3, -0.25) is 4.90 Å². The molecule has 5 heterocycles. The van der Waals surface area contributed by atoms with Crippen LogP contribution in [0.15, 0.2) is 34.6 Å². The summed E-state index contributed by atoms with van der Waals surface area (Å²) in [5, 5.41) is 3.48. The summed E-state index contributed by atoms with van der Waals surface area (Å²) in [5.41, 5.74) is 1.15. The van der Waals surface area contributed by atoms with Crippen LogP contribution in [0.25, 0.3) is 10.1 Å². The zero-order valence-electron chi connectivity index (χ0n) is 11.9. The second-order valence-corrected chi connectivity index (χ2v) is 7.40. The molecule has 0 aliphatic carbocycles. The summed E-state index contributed by atoms with van der Waals surface area (Å²) >= 11 is 1.78. The average molecular weight is 298 g/mol. The number of hydrogen-bond acceptors (Lipinski definition) is 4. The number of ether oxygens (including phenoxy) is 1. The van der Waals surface area contributed by atoms with Crippen molar-refractivity contribution in [3.63, 3.8) is 0 Å². The normalized spacial score (nSPS) is 34.4. The van der Waals surface area contributed by atoms with Crippen LogP contribution < -0.4 is 0 Å². The van der Waals surface area contributed by atoms with Gasteiger partial charge in [-0.05, 0) is 32.0 Å². The highest BCUT2D eigenvalue weighted by molar-refractivity contribution is 7.17. The zero-order valence-corrected chi connectivity index (χ0v) is 12.7. The van der Waals surface area contributed by atoms with Crippen LogP contribution in [0.4, 0.5) is 0 Å². The van der Waals surface area contributed by atoms with Crippen molar-refractivity contribution < 1.29 is 4.74 Å². The molecule has 6 rings (SSSR count). The van der Waals surface area contributed by atoms with Gasteiger partial charge in [0.15, 0.2) is 0 Å². The summed E-state index contributed by atoms with van der Waals surface area (Å²) in [6, 6.07) is 8.53. The quantitative estimate of drug-likeness (QED) is 0.808. The lowest BCUT2D eigenvalue weighted by Gasteiger charge is -2.50. The maximum atomic E-state index is 6.49. The minimum atomic E-state index is -0.0329. The van der Waals surface area contributed by atoms with Crippen molar-refractivity contribution >= 4 is 27.3 Å². The number of piperidine rings is 3. The van der Waals surface area contributed by atoms with Gasteiger partial charge >= 0.3 is 0 Å². The van der Waals surface area contributed by atoms with Crippen LogP contribution in [0.3, 0.4) is 0 Å². The van der Waals surface area contributed by atoms with E-state index in [4.69, 9.17) is 9.73 Å². The molecule has 2 bridgehead atoms. The number of benzene rings is 1.